The van der Waals surface area contributed by atoms with Gasteiger partial charge in [-0.15, -0.1) is 0 Å². The van der Waals surface area contributed by atoms with Crippen LogP contribution in [0.2, 0.25) is 0 Å². The van der Waals surface area contributed by atoms with E-state index in [1.54, 1.807) is 26.2 Å². The third-order valence-electron chi connectivity index (χ3n) is 5.28. The first-order valence-corrected chi connectivity index (χ1v) is 9.58. The Morgan fingerprint density at radius 1 is 1.07 bits per heavy atom. The number of fused-ring (bicyclic) bond motifs is 1. The van der Waals surface area contributed by atoms with E-state index in [9.17, 15) is 14.7 Å². The number of urea groups is 1. The van der Waals surface area contributed by atoms with Crippen molar-refractivity contribution in [3.05, 3.63) is 53.1 Å². The standard InChI is InChI=1S/C22H26N2O6/c1-13(21(25)26)23-22(27)24-10-9-15-11-18(29-3)19(30-4)12-17(15)20(24)14-5-7-16(28-2)8-6-14/h5-8,11-13,20H,9-10H2,1-4H3,(H,23,27)(H,25,26). The summed E-state index contributed by atoms with van der Waals surface area (Å²) in [5, 5.41) is 11.7. The van der Waals surface area contributed by atoms with Crippen molar-refractivity contribution in [2.24, 2.45) is 0 Å². The smallest absolute Gasteiger partial charge is 0.325 e. The van der Waals surface area contributed by atoms with Crippen LogP contribution < -0.4 is 19.5 Å². The Balaban J connectivity index is 2.07. The van der Waals surface area contributed by atoms with Crippen molar-refractivity contribution in [1.29, 1.82) is 0 Å². The van der Waals surface area contributed by atoms with Crippen LogP contribution in [0, 0.1) is 0 Å². The molecule has 0 aliphatic carbocycles. The lowest BCUT2D eigenvalue weighted by molar-refractivity contribution is -0.138. The van der Waals surface area contributed by atoms with Gasteiger partial charge in [0.05, 0.1) is 27.4 Å². The van der Waals surface area contributed by atoms with Crippen LogP contribution >= 0.6 is 0 Å². The van der Waals surface area contributed by atoms with Crippen molar-refractivity contribution in [1.82, 2.24) is 10.2 Å². The zero-order valence-electron chi connectivity index (χ0n) is 17.5. The van der Waals surface area contributed by atoms with Gasteiger partial charge in [0, 0.05) is 6.54 Å². The molecule has 0 saturated carbocycles. The molecule has 3 rings (SSSR count). The number of carbonyl (C=O) groups is 2. The number of carboxylic acid groups (broad SMARTS) is 1. The van der Waals surface area contributed by atoms with Crippen molar-refractivity contribution in [3.63, 3.8) is 0 Å². The molecule has 30 heavy (non-hydrogen) atoms. The van der Waals surface area contributed by atoms with Crippen LogP contribution in [0.25, 0.3) is 0 Å². The number of benzene rings is 2. The SMILES string of the molecule is COc1ccc(C2c3cc(OC)c(OC)cc3CCN2C(=O)NC(C)C(=O)O)cc1. The van der Waals surface area contributed by atoms with Gasteiger partial charge < -0.3 is 29.5 Å². The second kappa shape index (κ2) is 8.94. The maximum Gasteiger partial charge on any atom is 0.325 e. The van der Waals surface area contributed by atoms with E-state index in [0.717, 1.165) is 16.7 Å². The number of ether oxygens (including phenoxy) is 3. The number of aliphatic carboxylic acids is 1. The molecule has 8 nitrogen and oxygen atoms in total. The van der Waals surface area contributed by atoms with Crippen molar-refractivity contribution >= 4 is 12.0 Å². The van der Waals surface area contributed by atoms with Gasteiger partial charge in [-0.2, -0.15) is 0 Å². The predicted molar refractivity (Wildman–Crippen MR) is 110 cm³/mol. The maximum absolute atomic E-state index is 13.0. The lowest BCUT2D eigenvalue weighted by Gasteiger charge is -2.38. The third-order valence-corrected chi connectivity index (χ3v) is 5.28. The molecule has 2 amide bonds. The molecule has 1 heterocycles. The average Bonchev–Trinajstić information content (AvgIpc) is 2.77. The van der Waals surface area contributed by atoms with Gasteiger partial charge in [-0.05, 0) is 54.3 Å². The Morgan fingerprint density at radius 3 is 2.27 bits per heavy atom. The van der Waals surface area contributed by atoms with E-state index in [-0.39, 0.29) is 0 Å². The number of methoxy groups -OCH3 is 3. The third kappa shape index (κ3) is 4.12. The second-order valence-electron chi connectivity index (χ2n) is 7.03. The van der Waals surface area contributed by atoms with E-state index in [1.165, 1.54) is 6.92 Å². The highest BCUT2D eigenvalue weighted by atomic mass is 16.5. The normalized spacial score (nSPS) is 16.3. The van der Waals surface area contributed by atoms with Gasteiger partial charge >= 0.3 is 12.0 Å². The minimum absolute atomic E-state index is 0.416. The highest BCUT2D eigenvalue weighted by Gasteiger charge is 2.34. The van der Waals surface area contributed by atoms with Gasteiger partial charge in [0.1, 0.15) is 11.8 Å². The van der Waals surface area contributed by atoms with E-state index in [4.69, 9.17) is 14.2 Å². The Morgan fingerprint density at radius 2 is 1.70 bits per heavy atom. The van der Waals surface area contributed by atoms with Crippen LogP contribution in [0.15, 0.2) is 36.4 Å². The molecule has 2 atom stereocenters. The molecule has 2 unspecified atom stereocenters. The van der Waals surface area contributed by atoms with Gasteiger partial charge in [0.2, 0.25) is 0 Å². The second-order valence-corrected chi connectivity index (χ2v) is 7.03. The number of nitrogens with one attached hydrogen (secondary N) is 1. The summed E-state index contributed by atoms with van der Waals surface area (Å²) in [7, 11) is 4.74. The number of nitrogens with zero attached hydrogens (tertiary/aromatic N) is 1. The number of carbonyl (C=O) groups excluding carboxylic acids is 1. The summed E-state index contributed by atoms with van der Waals surface area (Å²) in [5.41, 5.74) is 2.83. The highest BCUT2D eigenvalue weighted by molar-refractivity contribution is 5.83. The average molecular weight is 414 g/mol. The first-order chi connectivity index (χ1) is 14.4. The van der Waals surface area contributed by atoms with E-state index in [0.29, 0.717) is 30.2 Å². The molecule has 2 N–H and O–H groups in total. The lowest BCUT2D eigenvalue weighted by atomic mass is 9.87. The monoisotopic (exact) mass is 414 g/mol. The molecule has 0 spiro atoms. The van der Waals surface area contributed by atoms with Crippen LogP contribution in [0.3, 0.4) is 0 Å². The zero-order chi connectivity index (χ0) is 21.8. The number of amides is 2. The van der Waals surface area contributed by atoms with E-state index in [1.807, 2.05) is 36.4 Å². The number of hydrogen-bond acceptors (Lipinski definition) is 5. The Labute approximate surface area is 175 Å². The molecule has 1 aliphatic heterocycles. The molecule has 0 saturated heterocycles. The van der Waals surface area contributed by atoms with E-state index in [2.05, 4.69) is 5.32 Å². The predicted octanol–water partition coefficient (Wildman–Crippen LogP) is 2.84. The molecular weight excluding hydrogens is 388 g/mol. The van der Waals surface area contributed by atoms with Crippen LogP contribution in [0.5, 0.6) is 17.2 Å². The summed E-state index contributed by atoms with van der Waals surface area (Å²) in [6.07, 6.45) is 0.608. The quantitative estimate of drug-likeness (QED) is 0.754. The van der Waals surface area contributed by atoms with Crippen LogP contribution in [-0.2, 0) is 11.2 Å². The van der Waals surface area contributed by atoms with Gasteiger partial charge in [0.25, 0.3) is 0 Å². The van der Waals surface area contributed by atoms with Crippen molar-refractivity contribution in [3.8, 4) is 17.2 Å². The summed E-state index contributed by atoms with van der Waals surface area (Å²) in [6, 6.07) is 9.42. The Kier molecular flexibility index (Phi) is 6.34. The van der Waals surface area contributed by atoms with Crippen molar-refractivity contribution < 1.29 is 28.9 Å². The molecule has 2 aromatic rings. The lowest BCUT2D eigenvalue weighted by Crippen LogP contribution is -2.50. The number of rotatable bonds is 6. The molecule has 8 heteroatoms. The Bertz CT molecular complexity index is 928. The fourth-order valence-corrected chi connectivity index (χ4v) is 3.64. The summed E-state index contributed by atoms with van der Waals surface area (Å²) in [4.78, 5) is 25.8. The molecule has 2 aromatic carbocycles. The van der Waals surface area contributed by atoms with Gasteiger partial charge in [-0.25, -0.2) is 4.79 Å². The topological polar surface area (TPSA) is 97.3 Å². The fourth-order valence-electron chi connectivity index (χ4n) is 3.64. The molecule has 0 aromatic heterocycles. The maximum atomic E-state index is 13.0. The fraction of sp³-hybridized carbons (Fsp3) is 0.364. The van der Waals surface area contributed by atoms with Gasteiger partial charge in [-0.3, -0.25) is 4.79 Å². The first-order valence-electron chi connectivity index (χ1n) is 9.58. The number of hydrogen-bond donors (Lipinski definition) is 2. The summed E-state index contributed by atoms with van der Waals surface area (Å²) in [5.74, 6) is 0.809. The molecule has 1 aliphatic rings. The summed E-state index contributed by atoms with van der Waals surface area (Å²) >= 11 is 0. The minimum Gasteiger partial charge on any atom is -0.497 e. The summed E-state index contributed by atoms with van der Waals surface area (Å²) < 4.78 is 16.2. The van der Waals surface area contributed by atoms with E-state index >= 15 is 0 Å². The number of carboxylic acids is 1. The van der Waals surface area contributed by atoms with Gasteiger partial charge in [0.15, 0.2) is 11.5 Å². The molecule has 0 fully saturated rings. The molecular formula is C22H26N2O6. The van der Waals surface area contributed by atoms with E-state index < -0.39 is 24.1 Å². The minimum atomic E-state index is -1.09. The first kappa shape index (κ1) is 21.3. The van der Waals surface area contributed by atoms with Crippen molar-refractivity contribution in [2.75, 3.05) is 27.9 Å². The zero-order valence-corrected chi connectivity index (χ0v) is 17.5. The molecule has 0 bridgehead atoms. The molecule has 160 valence electrons. The van der Waals surface area contributed by atoms with Crippen molar-refractivity contribution in [2.45, 2.75) is 25.4 Å². The molecule has 0 radical (unpaired) electrons. The van der Waals surface area contributed by atoms with Gasteiger partial charge in [-0.1, -0.05) is 12.1 Å². The highest BCUT2D eigenvalue weighted by Crippen LogP contribution is 2.41. The largest absolute Gasteiger partial charge is 0.497 e. The van der Waals surface area contributed by atoms with Crippen LogP contribution in [0.1, 0.15) is 29.7 Å². The Hall–Kier alpha value is -3.42. The summed E-state index contributed by atoms with van der Waals surface area (Å²) in [6.45, 7) is 1.87. The van der Waals surface area contributed by atoms with Crippen LogP contribution in [0.4, 0.5) is 4.79 Å². The van der Waals surface area contributed by atoms with Crippen LogP contribution in [-0.4, -0.2) is 55.9 Å².